The largest absolute Gasteiger partial charge is 0.368 e. The number of hydrogen-bond donors (Lipinski definition) is 1. The number of unbranched alkanes of at least 4 members (excludes halogenated alkanes) is 2. The quantitative estimate of drug-likeness (QED) is 0.687. The van der Waals surface area contributed by atoms with E-state index in [2.05, 4.69) is 19.2 Å². The third-order valence-corrected chi connectivity index (χ3v) is 2.85. The van der Waals surface area contributed by atoms with Gasteiger partial charge in [0.15, 0.2) is 0 Å². The Bertz CT molecular complexity index is 188. The third-order valence-electron chi connectivity index (χ3n) is 2.85. The lowest BCUT2D eigenvalue weighted by Gasteiger charge is -2.16. The van der Waals surface area contributed by atoms with Gasteiger partial charge >= 0.3 is 0 Å². The molecule has 2 atom stereocenters. The highest BCUT2D eigenvalue weighted by molar-refractivity contribution is 5.81. The summed E-state index contributed by atoms with van der Waals surface area (Å²) in [5, 5.41) is 3.02. The van der Waals surface area contributed by atoms with Crippen LogP contribution < -0.4 is 5.32 Å². The molecular formula is C12H23NO2. The number of rotatable bonds is 6. The summed E-state index contributed by atoms with van der Waals surface area (Å²) in [6.07, 6.45) is 6.47. The molecule has 0 radical (unpaired) electrons. The molecule has 1 rings (SSSR count). The van der Waals surface area contributed by atoms with Crippen LogP contribution in [0.25, 0.3) is 0 Å². The van der Waals surface area contributed by atoms with E-state index in [0.29, 0.717) is 0 Å². The molecule has 15 heavy (non-hydrogen) atoms. The second-order valence-electron chi connectivity index (χ2n) is 4.41. The molecule has 88 valence electrons. The van der Waals surface area contributed by atoms with Crippen molar-refractivity contribution >= 4 is 5.91 Å². The molecule has 1 heterocycles. The minimum absolute atomic E-state index is 0.0801. The molecule has 0 unspecified atom stereocenters. The molecule has 0 aliphatic carbocycles. The Morgan fingerprint density at radius 1 is 1.53 bits per heavy atom. The van der Waals surface area contributed by atoms with E-state index >= 15 is 0 Å². The van der Waals surface area contributed by atoms with Gasteiger partial charge in [-0.25, -0.2) is 0 Å². The van der Waals surface area contributed by atoms with Crippen LogP contribution in [0.5, 0.6) is 0 Å². The molecule has 1 aliphatic rings. The summed E-state index contributed by atoms with van der Waals surface area (Å²) in [5.41, 5.74) is 0. The van der Waals surface area contributed by atoms with Crippen molar-refractivity contribution in [3.05, 3.63) is 0 Å². The highest BCUT2D eigenvalue weighted by atomic mass is 16.5. The van der Waals surface area contributed by atoms with Crippen LogP contribution in [0.4, 0.5) is 0 Å². The monoisotopic (exact) mass is 213 g/mol. The molecular weight excluding hydrogens is 190 g/mol. The molecule has 1 fully saturated rings. The van der Waals surface area contributed by atoms with Gasteiger partial charge in [-0.2, -0.15) is 0 Å². The smallest absolute Gasteiger partial charge is 0.249 e. The fourth-order valence-corrected chi connectivity index (χ4v) is 1.89. The molecule has 1 amide bonds. The molecule has 3 nitrogen and oxygen atoms in total. The zero-order chi connectivity index (χ0) is 11.1. The maximum Gasteiger partial charge on any atom is 0.249 e. The predicted molar refractivity (Wildman–Crippen MR) is 60.7 cm³/mol. The highest BCUT2D eigenvalue weighted by Crippen LogP contribution is 2.12. The summed E-state index contributed by atoms with van der Waals surface area (Å²) >= 11 is 0. The van der Waals surface area contributed by atoms with Gasteiger partial charge in [0.1, 0.15) is 6.10 Å². The SMILES string of the molecule is CCCCC[C@H](C)NC(=O)[C@H]1CCCO1. The van der Waals surface area contributed by atoms with E-state index in [1.807, 2.05) is 0 Å². The van der Waals surface area contributed by atoms with E-state index in [4.69, 9.17) is 4.74 Å². The number of carbonyl (C=O) groups excluding carboxylic acids is 1. The van der Waals surface area contributed by atoms with Gasteiger partial charge in [-0.05, 0) is 26.2 Å². The molecule has 0 bridgehead atoms. The lowest BCUT2D eigenvalue weighted by atomic mass is 10.1. The first-order valence-electron chi connectivity index (χ1n) is 6.16. The van der Waals surface area contributed by atoms with Crippen molar-refractivity contribution in [3.8, 4) is 0 Å². The lowest BCUT2D eigenvalue weighted by Crippen LogP contribution is -2.39. The maximum absolute atomic E-state index is 11.7. The fraction of sp³-hybridized carbons (Fsp3) is 0.917. The Labute approximate surface area is 92.6 Å². The van der Waals surface area contributed by atoms with Gasteiger partial charge in [0, 0.05) is 12.6 Å². The van der Waals surface area contributed by atoms with Crippen LogP contribution in [-0.4, -0.2) is 24.7 Å². The topological polar surface area (TPSA) is 38.3 Å². The van der Waals surface area contributed by atoms with Gasteiger partial charge in [0.2, 0.25) is 5.91 Å². The van der Waals surface area contributed by atoms with Gasteiger partial charge in [0.25, 0.3) is 0 Å². The molecule has 0 aromatic heterocycles. The first-order valence-corrected chi connectivity index (χ1v) is 6.16. The van der Waals surface area contributed by atoms with Crippen molar-refractivity contribution in [3.63, 3.8) is 0 Å². The second-order valence-corrected chi connectivity index (χ2v) is 4.41. The van der Waals surface area contributed by atoms with Crippen molar-refractivity contribution in [2.75, 3.05) is 6.61 Å². The van der Waals surface area contributed by atoms with Gasteiger partial charge in [-0.1, -0.05) is 26.2 Å². The summed E-state index contributed by atoms with van der Waals surface area (Å²) in [7, 11) is 0. The zero-order valence-corrected chi connectivity index (χ0v) is 9.92. The predicted octanol–water partition coefficient (Wildman–Crippen LogP) is 2.25. The number of hydrogen-bond acceptors (Lipinski definition) is 2. The average molecular weight is 213 g/mol. The first kappa shape index (κ1) is 12.5. The Balaban J connectivity index is 2.13. The number of nitrogens with one attached hydrogen (secondary N) is 1. The van der Waals surface area contributed by atoms with Crippen LogP contribution >= 0.6 is 0 Å². The number of ether oxygens (including phenoxy) is 1. The van der Waals surface area contributed by atoms with Crippen LogP contribution in [0.3, 0.4) is 0 Å². The summed E-state index contributed by atoms with van der Waals surface area (Å²) in [5.74, 6) is 0.0801. The Kier molecular flexibility index (Phi) is 5.69. The van der Waals surface area contributed by atoms with E-state index < -0.39 is 0 Å². The second kappa shape index (κ2) is 6.83. The molecule has 3 heteroatoms. The fourth-order valence-electron chi connectivity index (χ4n) is 1.89. The highest BCUT2D eigenvalue weighted by Gasteiger charge is 2.24. The molecule has 1 saturated heterocycles. The zero-order valence-electron chi connectivity index (χ0n) is 9.92. The molecule has 0 aromatic rings. The molecule has 0 saturated carbocycles. The number of amides is 1. The van der Waals surface area contributed by atoms with E-state index in [9.17, 15) is 4.79 Å². The molecule has 1 N–H and O–H groups in total. The summed E-state index contributed by atoms with van der Waals surface area (Å²) in [4.78, 5) is 11.7. The standard InChI is InChI=1S/C12H23NO2/c1-3-4-5-7-10(2)13-12(14)11-8-6-9-15-11/h10-11H,3-9H2,1-2H3,(H,13,14)/t10-,11+/m0/s1. The van der Waals surface area contributed by atoms with E-state index in [1.165, 1.54) is 19.3 Å². The van der Waals surface area contributed by atoms with Crippen molar-refractivity contribution < 1.29 is 9.53 Å². The van der Waals surface area contributed by atoms with Crippen LogP contribution in [0.15, 0.2) is 0 Å². The van der Waals surface area contributed by atoms with Gasteiger partial charge in [0.05, 0.1) is 0 Å². The summed E-state index contributed by atoms with van der Waals surface area (Å²) in [6.45, 7) is 5.00. The minimum atomic E-state index is -0.182. The summed E-state index contributed by atoms with van der Waals surface area (Å²) < 4.78 is 5.33. The Morgan fingerprint density at radius 3 is 2.93 bits per heavy atom. The minimum Gasteiger partial charge on any atom is -0.368 e. The van der Waals surface area contributed by atoms with Crippen molar-refractivity contribution in [1.29, 1.82) is 0 Å². The van der Waals surface area contributed by atoms with Crippen molar-refractivity contribution in [2.24, 2.45) is 0 Å². The average Bonchev–Trinajstić information content (AvgIpc) is 2.70. The first-order chi connectivity index (χ1) is 7.24. The normalized spacial score (nSPS) is 22.7. The molecule has 0 spiro atoms. The van der Waals surface area contributed by atoms with Crippen molar-refractivity contribution in [2.45, 2.75) is 64.5 Å². The molecule has 1 aliphatic heterocycles. The van der Waals surface area contributed by atoms with E-state index in [-0.39, 0.29) is 18.1 Å². The van der Waals surface area contributed by atoms with Gasteiger partial charge in [-0.3, -0.25) is 4.79 Å². The molecule has 0 aromatic carbocycles. The Hall–Kier alpha value is -0.570. The van der Waals surface area contributed by atoms with Crippen LogP contribution in [0.1, 0.15) is 52.4 Å². The lowest BCUT2D eigenvalue weighted by molar-refractivity contribution is -0.130. The van der Waals surface area contributed by atoms with Crippen molar-refractivity contribution in [1.82, 2.24) is 5.32 Å². The summed E-state index contributed by atoms with van der Waals surface area (Å²) in [6, 6.07) is 0.285. The van der Waals surface area contributed by atoms with Crippen LogP contribution in [0.2, 0.25) is 0 Å². The van der Waals surface area contributed by atoms with E-state index in [1.54, 1.807) is 0 Å². The van der Waals surface area contributed by atoms with Crippen LogP contribution in [0, 0.1) is 0 Å². The van der Waals surface area contributed by atoms with Crippen LogP contribution in [-0.2, 0) is 9.53 Å². The third kappa shape index (κ3) is 4.65. The van der Waals surface area contributed by atoms with E-state index in [0.717, 1.165) is 25.9 Å². The van der Waals surface area contributed by atoms with Gasteiger partial charge < -0.3 is 10.1 Å². The van der Waals surface area contributed by atoms with Gasteiger partial charge in [-0.15, -0.1) is 0 Å². The maximum atomic E-state index is 11.7. The Morgan fingerprint density at radius 2 is 2.33 bits per heavy atom. The number of carbonyl (C=O) groups is 1.